The highest BCUT2D eigenvalue weighted by molar-refractivity contribution is 7.99. The van der Waals surface area contributed by atoms with Crippen LogP contribution in [0.3, 0.4) is 0 Å². The molecule has 7 heteroatoms. The molecule has 1 N–H and O–H groups in total. The number of hydrogen-bond acceptors (Lipinski definition) is 5. The van der Waals surface area contributed by atoms with Crippen molar-refractivity contribution in [3.05, 3.63) is 102 Å². The largest absolute Gasteiger partial charge is 0.452 e. The Hall–Kier alpha value is -3.61. The van der Waals surface area contributed by atoms with Crippen molar-refractivity contribution in [2.75, 3.05) is 11.9 Å². The number of para-hydroxylation sites is 2. The highest BCUT2D eigenvalue weighted by Crippen LogP contribution is 2.33. The summed E-state index contributed by atoms with van der Waals surface area (Å²) in [6, 6.07) is 24.4. The summed E-state index contributed by atoms with van der Waals surface area (Å²) in [6.07, 6.45) is 4.63. The first kappa shape index (κ1) is 22.6. The lowest BCUT2D eigenvalue weighted by molar-refractivity contribution is -0.142. The first-order chi connectivity index (χ1) is 16.1. The summed E-state index contributed by atoms with van der Waals surface area (Å²) in [5.74, 6) is -1.03. The number of amides is 1. The maximum absolute atomic E-state index is 12.4. The molecule has 5 nitrogen and oxygen atoms in total. The first-order valence-corrected chi connectivity index (χ1v) is 11.3. The SMILES string of the molecule is O=C(COC(=O)/C=C/c1cccc2cccnc12)Nc1ccccc1Sc1ccc(Cl)cc1. The number of carbonyl (C=O) groups is 2. The fraction of sp³-hybridized carbons (Fsp3) is 0.0385. The summed E-state index contributed by atoms with van der Waals surface area (Å²) in [7, 11) is 0. The molecule has 0 fully saturated rings. The molecule has 1 aromatic heterocycles. The fourth-order valence-corrected chi connectivity index (χ4v) is 4.11. The number of rotatable bonds is 7. The minimum absolute atomic E-state index is 0.392. The van der Waals surface area contributed by atoms with E-state index in [0.717, 1.165) is 26.3 Å². The zero-order valence-corrected chi connectivity index (χ0v) is 19.0. The Balaban J connectivity index is 1.34. The summed E-state index contributed by atoms with van der Waals surface area (Å²) >= 11 is 7.44. The van der Waals surface area contributed by atoms with Crippen molar-refractivity contribution in [2.24, 2.45) is 0 Å². The molecular formula is C26H19ClN2O3S. The van der Waals surface area contributed by atoms with Gasteiger partial charge in [0, 0.05) is 38.0 Å². The number of esters is 1. The Morgan fingerprint density at radius 2 is 1.76 bits per heavy atom. The molecule has 0 aliphatic heterocycles. The van der Waals surface area contributed by atoms with Crippen LogP contribution in [-0.2, 0) is 14.3 Å². The van der Waals surface area contributed by atoms with Gasteiger partial charge in [-0.15, -0.1) is 0 Å². The van der Waals surface area contributed by atoms with Gasteiger partial charge in [-0.25, -0.2) is 4.79 Å². The van der Waals surface area contributed by atoms with Crippen LogP contribution in [0, 0.1) is 0 Å². The van der Waals surface area contributed by atoms with Gasteiger partial charge in [0.1, 0.15) is 0 Å². The molecule has 4 rings (SSSR count). The van der Waals surface area contributed by atoms with E-state index < -0.39 is 18.5 Å². The predicted molar refractivity (Wildman–Crippen MR) is 132 cm³/mol. The van der Waals surface area contributed by atoms with Crippen LogP contribution in [0.25, 0.3) is 17.0 Å². The average molecular weight is 475 g/mol. The van der Waals surface area contributed by atoms with Crippen LogP contribution in [-0.4, -0.2) is 23.5 Å². The Labute approximate surface area is 200 Å². The van der Waals surface area contributed by atoms with Crippen LogP contribution >= 0.6 is 23.4 Å². The fourth-order valence-electron chi connectivity index (χ4n) is 3.08. The number of pyridine rings is 1. The molecule has 33 heavy (non-hydrogen) atoms. The lowest BCUT2D eigenvalue weighted by Crippen LogP contribution is -2.20. The van der Waals surface area contributed by atoms with Crippen LogP contribution in [0.4, 0.5) is 5.69 Å². The quantitative estimate of drug-likeness (QED) is 0.254. The van der Waals surface area contributed by atoms with Gasteiger partial charge >= 0.3 is 5.97 Å². The minimum atomic E-state index is -0.609. The monoisotopic (exact) mass is 474 g/mol. The van der Waals surface area contributed by atoms with Crippen molar-refractivity contribution in [3.8, 4) is 0 Å². The number of aromatic nitrogens is 1. The number of benzene rings is 3. The van der Waals surface area contributed by atoms with Crippen molar-refractivity contribution in [3.63, 3.8) is 0 Å². The van der Waals surface area contributed by atoms with Crippen LogP contribution in [0.5, 0.6) is 0 Å². The van der Waals surface area contributed by atoms with Gasteiger partial charge in [-0.1, -0.05) is 59.8 Å². The van der Waals surface area contributed by atoms with E-state index in [1.54, 1.807) is 18.3 Å². The number of halogens is 1. The topological polar surface area (TPSA) is 68.3 Å². The maximum Gasteiger partial charge on any atom is 0.331 e. The van der Waals surface area contributed by atoms with Gasteiger partial charge in [0.05, 0.1) is 11.2 Å². The lowest BCUT2D eigenvalue weighted by atomic mass is 10.1. The highest BCUT2D eigenvalue weighted by atomic mass is 35.5. The summed E-state index contributed by atoms with van der Waals surface area (Å²) in [4.78, 5) is 30.7. The van der Waals surface area contributed by atoms with E-state index in [4.69, 9.17) is 16.3 Å². The Bertz CT molecular complexity index is 1320. The molecule has 1 amide bonds. The molecule has 0 saturated carbocycles. The third-order valence-corrected chi connectivity index (χ3v) is 5.95. The van der Waals surface area contributed by atoms with Crippen molar-refractivity contribution in [1.29, 1.82) is 0 Å². The number of fused-ring (bicyclic) bond motifs is 1. The Morgan fingerprint density at radius 1 is 0.970 bits per heavy atom. The third kappa shape index (κ3) is 6.22. The third-order valence-electron chi connectivity index (χ3n) is 4.61. The van der Waals surface area contributed by atoms with Crippen LogP contribution in [0.15, 0.2) is 101 Å². The van der Waals surface area contributed by atoms with Crippen molar-refractivity contribution >= 4 is 57.9 Å². The summed E-state index contributed by atoms with van der Waals surface area (Å²) in [5, 5.41) is 4.43. The van der Waals surface area contributed by atoms with E-state index >= 15 is 0 Å². The number of ether oxygens (including phenoxy) is 1. The average Bonchev–Trinajstić information content (AvgIpc) is 2.84. The molecule has 3 aromatic carbocycles. The Kier molecular flexibility index (Phi) is 7.40. The molecule has 0 bridgehead atoms. The standard InChI is InChI=1S/C26H19ClN2O3S/c27-20-11-13-21(14-12-20)33-23-9-2-1-8-22(23)29-24(30)17-32-25(31)15-10-19-6-3-5-18-7-4-16-28-26(18)19/h1-16H,17H2,(H,29,30)/b15-10+. The van der Waals surface area contributed by atoms with E-state index in [0.29, 0.717) is 10.7 Å². The lowest BCUT2D eigenvalue weighted by Gasteiger charge is -2.11. The van der Waals surface area contributed by atoms with Gasteiger partial charge < -0.3 is 10.1 Å². The van der Waals surface area contributed by atoms with E-state index in [1.807, 2.05) is 72.8 Å². The number of anilines is 1. The van der Waals surface area contributed by atoms with Gasteiger partial charge in [-0.3, -0.25) is 9.78 Å². The van der Waals surface area contributed by atoms with E-state index in [-0.39, 0.29) is 0 Å². The van der Waals surface area contributed by atoms with Crippen LogP contribution < -0.4 is 5.32 Å². The van der Waals surface area contributed by atoms with E-state index in [9.17, 15) is 9.59 Å². The summed E-state index contributed by atoms with van der Waals surface area (Å²) in [5.41, 5.74) is 2.22. The minimum Gasteiger partial charge on any atom is -0.452 e. The summed E-state index contributed by atoms with van der Waals surface area (Å²) < 4.78 is 5.10. The zero-order chi connectivity index (χ0) is 23.0. The van der Waals surface area contributed by atoms with Crippen LogP contribution in [0.2, 0.25) is 5.02 Å². The van der Waals surface area contributed by atoms with Crippen molar-refractivity contribution in [1.82, 2.24) is 4.98 Å². The molecule has 0 aliphatic carbocycles. The number of nitrogens with one attached hydrogen (secondary N) is 1. The molecule has 0 aliphatic rings. The normalized spacial score (nSPS) is 10.9. The van der Waals surface area contributed by atoms with Gasteiger partial charge in [0.25, 0.3) is 5.91 Å². The molecule has 0 radical (unpaired) electrons. The van der Waals surface area contributed by atoms with Gasteiger partial charge in [-0.2, -0.15) is 0 Å². The molecule has 0 spiro atoms. The second-order valence-corrected chi connectivity index (χ2v) is 8.52. The maximum atomic E-state index is 12.4. The smallest absolute Gasteiger partial charge is 0.331 e. The van der Waals surface area contributed by atoms with Crippen molar-refractivity contribution < 1.29 is 14.3 Å². The van der Waals surface area contributed by atoms with E-state index in [1.165, 1.54) is 17.8 Å². The number of carbonyl (C=O) groups excluding carboxylic acids is 2. The molecule has 4 aromatic rings. The molecule has 1 heterocycles. The molecule has 164 valence electrons. The van der Waals surface area contributed by atoms with Gasteiger partial charge in [0.2, 0.25) is 0 Å². The van der Waals surface area contributed by atoms with E-state index in [2.05, 4.69) is 10.3 Å². The predicted octanol–water partition coefficient (Wildman–Crippen LogP) is 6.23. The highest BCUT2D eigenvalue weighted by Gasteiger charge is 2.10. The van der Waals surface area contributed by atoms with Crippen molar-refractivity contribution in [2.45, 2.75) is 9.79 Å². The zero-order valence-electron chi connectivity index (χ0n) is 17.4. The van der Waals surface area contributed by atoms with Crippen LogP contribution in [0.1, 0.15) is 5.56 Å². The summed E-state index contributed by atoms with van der Waals surface area (Å²) in [6.45, 7) is -0.392. The molecule has 0 atom stereocenters. The van der Waals surface area contributed by atoms with Gasteiger partial charge in [-0.05, 0) is 48.5 Å². The molecule has 0 saturated heterocycles. The molecule has 0 unspecified atom stereocenters. The number of hydrogen-bond donors (Lipinski definition) is 1. The first-order valence-electron chi connectivity index (χ1n) is 10.1. The number of nitrogens with zero attached hydrogens (tertiary/aromatic N) is 1. The second kappa shape index (κ2) is 10.8. The van der Waals surface area contributed by atoms with Gasteiger partial charge in [0.15, 0.2) is 6.61 Å². The Morgan fingerprint density at radius 3 is 2.61 bits per heavy atom. The molecular weight excluding hydrogens is 456 g/mol. The second-order valence-electron chi connectivity index (χ2n) is 6.96.